The minimum absolute atomic E-state index is 0.235. The maximum atomic E-state index is 13.4. The fourth-order valence-electron chi connectivity index (χ4n) is 1.83. The molecule has 86 valence electrons. The molecule has 1 aromatic carbocycles. The molecule has 1 aromatic heterocycles. The highest BCUT2D eigenvalue weighted by molar-refractivity contribution is 5.79. The summed E-state index contributed by atoms with van der Waals surface area (Å²) in [5.74, 6) is 0.695. The third-order valence-electron chi connectivity index (χ3n) is 2.61. The topological polar surface area (TPSA) is 43.8 Å². The fourth-order valence-corrected chi connectivity index (χ4v) is 1.83. The molecule has 0 radical (unpaired) electrons. The van der Waals surface area contributed by atoms with E-state index in [1.165, 1.54) is 6.07 Å². The molecule has 0 aliphatic heterocycles. The summed E-state index contributed by atoms with van der Waals surface area (Å²) in [4.78, 5) is 4.17. The number of fused-ring (bicyclic) bond motifs is 1. The van der Waals surface area contributed by atoms with Crippen LogP contribution in [-0.4, -0.2) is 9.55 Å². The summed E-state index contributed by atoms with van der Waals surface area (Å²) in [5, 5.41) is 0. The van der Waals surface area contributed by atoms with Gasteiger partial charge in [-0.05, 0) is 24.5 Å². The second-order valence-electron chi connectivity index (χ2n) is 4.56. The molecule has 0 bridgehead atoms. The monoisotopic (exact) mass is 221 g/mol. The molecule has 1 heterocycles. The van der Waals surface area contributed by atoms with E-state index < -0.39 is 0 Å². The highest BCUT2D eigenvalue weighted by atomic mass is 19.1. The van der Waals surface area contributed by atoms with Crippen molar-refractivity contribution < 1.29 is 4.39 Å². The second kappa shape index (κ2) is 3.77. The average molecular weight is 221 g/mol. The molecule has 0 amide bonds. The van der Waals surface area contributed by atoms with Crippen molar-refractivity contribution in [3.8, 4) is 0 Å². The third kappa shape index (κ3) is 1.75. The standard InChI is InChI=1S/C12H16FN3/c1-7(2)6-16-11-4-8(3)9(13)5-10(11)15-12(16)14/h4-5,7H,6H2,1-3H3,(H2,14,15). The molecule has 0 saturated heterocycles. The van der Waals surface area contributed by atoms with Crippen LogP contribution in [0.15, 0.2) is 12.1 Å². The van der Waals surface area contributed by atoms with Crippen LogP contribution in [0.1, 0.15) is 19.4 Å². The van der Waals surface area contributed by atoms with Gasteiger partial charge in [-0.3, -0.25) is 0 Å². The first-order chi connectivity index (χ1) is 7.49. The summed E-state index contributed by atoms with van der Waals surface area (Å²) in [6, 6.07) is 3.24. The normalized spacial score (nSPS) is 11.6. The van der Waals surface area contributed by atoms with Crippen LogP contribution in [0.3, 0.4) is 0 Å². The lowest BCUT2D eigenvalue weighted by atomic mass is 10.2. The van der Waals surface area contributed by atoms with Gasteiger partial charge in [-0.15, -0.1) is 0 Å². The van der Waals surface area contributed by atoms with Gasteiger partial charge in [-0.1, -0.05) is 13.8 Å². The van der Waals surface area contributed by atoms with Crippen molar-refractivity contribution >= 4 is 17.0 Å². The number of benzene rings is 1. The van der Waals surface area contributed by atoms with Crippen LogP contribution in [0, 0.1) is 18.7 Å². The number of anilines is 1. The maximum Gasteiger partial charge on any atom is 0.201 e. The van der Waals surface area contributed by atoms with E-state index in [2.05, 4.69) is 18.8 Å². The number of halogens is 1. The quantitative estimate of drug-likeness (QED) is 0.847. The number of nitrogens with zero attached hydrogens (tertiary/aromatic N) is 2. The summed E-state index contributed by atoms with van der Waals surface area (Å²) in [6.07, 6.45) is 0. The van der Waals surface area contributed by atoms with Crippen molar-refractivity contribution in [1.29, 1.82) is 0 Å². The van der Waals surface area contributed by atoms with Crippen molar-refractivity contribution in [2.24, 2.45) is 5.92 Å². The van der Waals surface area contributed by atoms with Crippen molar-refractivity contribution in [3.05, 3.63) is 23.5 Å². The lowest BCUT2D eigenvalue weighted by Crippen LogP contribution is -2.07. The number of rotatable bonds is 2. The van der Waals surface area contributed by atoms with E-state index in [0.29, 0.717) is 22.9 Å². The van der Waals surface area contributed by atoms with Crippen LogP contribution in [0.25, 0.3) is 11.0 Å². The van der Waals surface area contributed by atoms with Crippen LogP contribution in [-0.2, 0) is 6.54 Å². The van der Waals surface area contributed by atoms with Gasteiger partial charge >= 0.3 is 0 Å². The van der Waals surface area contributed by atoms with Crippen molar-refractivity contribution in [1.82, 2.24) is 9.55 Å². The van der Waals surface area contributed by atoms with Gasteiger partial charge in [0.2, 0.25) is 5.95 Å². The number of hydrogen-bond donors (Lipinski definition) is 1. The van der Waals surface area contributed by atoms with Gasteiger partial charge in [0.15, 0.2) is 0 Å². The largest absolute Gasteiger partial charge is 0.369 e. The van der Waals surface area contributed by atoms with Crippen LogP contribution < -0.4 is 5.73 Å². The first kappa shape index (κ1) is 10.9. The molecule has 2 aromatic rings. The van der Waals surface area contributed by atoms with E-state index >= 15 is 0 Å². The first-order valence-corrected chi connectivity index (χ1v) is 5.41. The minimum atomic E-state index is -0.235. The summed E-state index contributed by atoms with van der Waals surface area (Å²) < 4.78 is 15.3. The molecular formula is C12H16FN3. The number of aromatic nitrogens is 2. The van der Waals surface area contributed by atoms with Crippen LogP contribution >= 0.6 is 0 Å². The number of aryl methyl sites for hydroxylation is 1. The molecule has 2 rings (SSSR count). The van der Waals surface area contributed by atoms with E-state index in [1.54, 1.807) is 13.0 Å². The van der Waals surface area contributed by atoms with Crippen molar-refractivity contribution in [2.75, 3.05) is 5.73 Å². The molecule has 0 fully saturated rings. The minimum Gasteiger partial charge on any atom is -0.369 e. The number of hydrogen-bond acceptors (Lipinski definition) is 2. The molecule has 0 saturated carbocycles. The van der Waals surface area contributed by atoms with E-state index in [1.807, 2.05) is 4.57 Å². The van der Waals surface area contributed by atoms with Gasteiger partial charge < -0.3 is 10.3 Å². The molecule has 0 spiro atoms. The number of nitrogen functional groups attached to an aromatic ring is 1. The van der Waals surface area contributed by atoms with Gasteiger partial charge in [0.1, 0.15) is 5.82 Å². The van der Waals surface area contributed by atoms with Gasteiger partial charge in [0.05, 0.1) is 11.0 Å². The molecule has 3 nitrogen and oxygen atoms in total. The summed E-state index contributed by atoms with van der Waals surface area (Å²) in [7, 11) is 0. The van der Waals surface area contributed by atoms with E-state index in [4.69, 9.17) is 5.73 Å². The predicted octanol–water partition coefficient (Wildman–Crippen LogP) is 2.72. The molecule has 0 unspecified atom stereocenters. The van der Waals surface area contributed by atoms with Gasteiger partial charge in [-0.25, -0.2) is 9.37 Å². The Morgan fingerprint density at radius 3 is 2.75 bits per heavy atom. The van der Waals surface area contributed by atoms with Gasteiger partial charge in [0, 0.05) is 12.6 Å². The Bertz CT molecular complexity index is 529. The lowest BCUT2D eigenvalue weighted by molar-refractivity contribution is 0.537. The molecule has 16 heavy (non-hydrogen) atoms. The fraction of sp³-hybridized carbons (Fsp3) is 0.417. The number of nitrogens with two attached hydrogens (primary N) is 1. The van der Waals surface area contributed by atoms with E-state index in [9.17, 15) is 4.39 Å². The molecule has 4 heteroatoms. The molecule has 2 N–H and O–H groups in total. The van der Waals surface area contributed by atoms with Crippen LogP contribution in [0.2, 0.25) is 0 Å². The predicted molar refractivity (Wildman–Crippen MR) is 63.7 cm³/mol. The van der Waals surface area contributed by atoms with E-state index in [0.717, 1.165) is 12.1 Å². The highest BCUT2D eigenvalue weighted by Gasteiger charge is 2.11. The summed E-state index contributed by atoms with van der Waals surface area (Å²) >= 11 is 0. The number of imidazole rings is 1. The SMILES string of the molecule is Cc1cc2c(cc1F)nc(N)n2CC(C)C. The lowest BCUT2D eigenvalue weighted by Gasteiger charge is -2.09. The average Bonchev–Trinajstić information content (AvgIpc) is 2.45. The summed E-state index contributed by atoms with van der Waals surface area (Å²) in [6.45, 7) is 6.77. The zero-order valence-electron chi connectivity index (χ0n) is 9.79. The Hall–Kier alpha value is -1.58. The maximum absolute atomic E-state index is 13.4. The Morgan fingerprint density at radius 2 is 2.12 bits per heavy atom. The third-order valence-corrected chi connectivity index (χ3v) is 2.61. The Kier molecular flexibility index (Phi) is 2.58. The smallest absolute Gasteiger partial charge is 0.201 e. The molecular weight excluding hydrogens is 205 g/mol. The van der Waals surface area contributed by atoms with Crippen molar-refractivity contribution in [2.45, 2.75) is 27.3 Å². The second-order valence-corrected chi connectivity index (χ2v) is 4.56. The van der Waals surface area contributed by atoms with Crippen LogP contribution in [0.5, 0.6) is 0 Å². The van der Waals surface area contributed by atoms with Gasteiger partial charge in [-0.2, -0.15) is 0 Å². The zero-order chi connectivity index (χ0) is 11.9. The Labute approximate surface area is 94.1 Å². The van der Waals surface area contributed by atoms with Gasteiger partial charge in [0.25, 0.3) is 0 Å². The Morgan fingerprint density at radius 1 is 1.44 bits per heavy atom. The zero-order valence-corrected chi connectivity index (χ0v) is 9.79. The van der Waals surface area contributed by atoms with E-state index in [-0.39, 0.29) is 5.82 Å². The highest BCUT2D eigenvalue weighted by Crippen LogP contribution is 2.22. The van der Waals surface area contributed by atoms with Crippen molar-refractivity contribution in [3.63, 3.8) is 0 Å². The molecule has 0 aliphatic carbocycles. The molecule has 0 aliphatic rings. The van der Waals surface area contributed by atoms with Crippen LogP contribution in [0.4, 0.5) is 10.3 Å². The Balaban J connectivity index is 2.64. The molecule has 0 atom stereocenters. The first-order valence-electron chi connectivity index (χ1n) is 5.41. The summed E-state index contributed by atoms with van der Waals surface area (Å²) in [5.41, 5.74) is 7.99.